The third-order valence-electron chi connectivity index (χ3n) is 2.66. The number of carbonyl (C=O) groups excluding carboxylic acids is 1. The molecule has 4 heteroatoms. The molecule has 0 aromatic heterocycles. The normalized spacial score (nSPS) is 40.2. The summed E-state index contributed by atoms with van der Waals surface area (Å²) in [4.78, 5) is 10.9. The second-order valence-electron chi connectivity index (χ2n) is 3.15. The Morgan fingerprint density at radius 3 is 2.18 bits per heavy atom. The lowest BCUT2D eigenvalue weighted by atomic mass is 10.1. The summed E-state index contributed by atoms with van der Waals surface area (Å²) in [5.41, 5.74) is 4.45. The molecular formula is C7H11Cl2NO. The van der Waals surface area contributed by atoms with Crippen LogP contribution in [0.4, 0.5) is 0 Å². The summed E-state index contributed by atoms with van der Waals surface area (Å²) in [6.45, 7) is 3.65. The second-order valence-corrected chi connectivity index (χ2v) is 4.54. The van der Waals surface area contributed by atoms with Gasteiger partial charge in [-0.25, -0.2) is 0 Å². The maximum atomic E-state index is 10.9. The van der Waals surface area contributed by atoms with Gasteiger partial charge in [0, 0.05) is 5.92 Å². The van der Waals surface area contributed by atoms with Crippen LogP contribution in [-0.2, 0) is 4.79 Å². The topological polar surface area (TPSA) is 43.1 Å². The fraction of sp³-hybridized carbons (Fsp3) is 0.857. The predicted molar refractivity (Wildman–Crippen MR) is 45.5 cm³/mol. The molecule has 1 rings (SSSR count). The van der Waals surface area contributed by atoms with Gasteiger partial charge in [-0.2, -0.15) is 0 Å². The van der Waals surface area contributed by atoms with Gasteiger partial charge in [-0.15, -0.1) is 23.2 Å². The van der Waals surface area contributed by atoms with Gasteiger partial charge in [0.1, 0.15) is 4.33 Å². The first kappa shape index (κ1) is 9.14. The number of amides is 1. The van der Waals surface area contributed by atoms with Crippen molar-refractivity contribution < 1.29 is 4.79 Å². The van der Waals surface area contributed by atoms with Gasteiger partial charge in [-0.1, -0.05) is 6.92 Å². The molecule has 0 spiro atoms. The Balaban J connectivity index is 2.86. The van der Waals surface area contributed by atoms with Crippen molar-refractivity contribution in [3.8, 4) is 0 Å². The molecule has 64 valence electrons. The van der Waals surface area contributed by atoms with Crippen LogP contribution in [0.5, 0.6) is 0 Å². The Kier molecular flexibility index (Phi) is 1.88. The van der Waals surface area contributed by atoms with Gasteiger partial charge in [0.25, 0.3) is 0 Å². The number of alkyl halides is 2. The molecule has 0 radical (unpaired) electrons. The SMILES string of the molecule is CCC1C(Cl)(Cl)C1(C)C(N)=O. The molecule has 0 aliphatic heterocycles. The quantitative estimate of drug-likeness (QED) is 0.671. The first-order valence-electron chi connectivity index (χ1n) is 3.56. The lowest BCUT2D eigenvalue weighted by molar-refractivity contribution is -0.123. The van der Waals surface area contributed by atoms with Crippen molar-refractivity contribution in [3.05, 3.63) is 0 Å². The maximum Gasteiger partial charge on any atom is 0.226 e. The van der Waals surface area contributed by atoms with E-state index in [9.17, 15) is 4.79 Å². The molecule has 1 saturated carbocycles. The lowest BCUT2D eigenvalue weighted by Crippen LogP contribution is -2.26. The maximum absolute atomic E-state index is 10.9. The smallest absolute Gasteiger partial charge is 0.226 e. The first-order chi connectivity index (χ1) is 4.89. The van der Waals surface area contributed by atoms with Gasteiger partial charge in [-0.05, 0) is 13.3 Å². The van der Waals surface area contributed by atoms with Gasteiger partial charge < -0.3 is 5.73 Å². The van der Waals surface area contributed by atoms with Gasteiger partial charge >= 0.3 is 0 Å². The highest BCUT2D eigenvalue weighted by Gasteiger charge is 2.75. The number of carbonyl (C=O) groups is 1. The average Bonchev–Trinajstić information content (AvgIpc) is 2.29. The molecule has 2 unspecified atom stereocenters. The van der Waals surface area contributed by atoms with E-state index in [1.807, 2.05) is 6.92 Å². The highest BCUT2D eigenvalue weighted by Crippen LogP contribution is 2.69. The van der Waals surface area contributed by atoms with Crippen LogP contribution in [0.3, 0.4) is 0 Å². The Labute approximate surface area is 76.0 Å². The van der Waals surface area contributed by atoms with E-state index in [1.165, 1.54) is 0 Å². The minimum absolute atomic E-state index is 0.0100. The van der Waals surface area contributed by atoms with Gasteiger partial charge in [0.15, 0.2) is 0 Å². The van der Waals surface area contributed by atoms with Gasteiger partial charge in [-0.3, -0.25) is 4.79 Å². The number of halogens is 2. The number of rotatable bonds is 2. The van der Waals surface area contributed by atoms with Crippen LogP contribution < -0.4 is 5.73 Å². The third-order valence-corrected chi connectivity index (χ3v) is 3.98. The van der Waals surface area contributed by atoms with E-state index in [0.717, 1.165) is 6.42 Å². The van der Waals surface area contributed by atoms with Crippen molar-refractivity contribution in [2.45, 2.75) is 24.6 Å². The van der Waals surface area contributed by atoms with Gasteiger partial charge in [0.05, 0.1) is 5.41 Å². The molecule has 0 aromatic rings. The summed E-state index contributed by atoms with van der Waals surface area (Å²) >= 11 is 11.7. The standard InChI is InChI=1S/C7H11Cl2NO/c1-3-4-6(2,5(10)11)7(4,8)9/h4H,3H2,1-2H3,(H2,10,11). The van der Waals surface area contributed by atoms with Crippen molar-refractivity contribution in [3.63, 3.8) is 0 Å². The second kappa shape index (κ2) is 2.27. The van der Waals surface area contributed by atoms with Crippen LogP contribution in [0.15, 0.2) is 0 Å². The molecule has 1 amide bonds. The van der Waals surface area contributed by atoms with E-state index in [2.05, 4.69) is 0 Å². The van der Waals surface area contributed by atoms with Crippen molar-refractivity contribution in [1.82, 2.24) is 0 Å². The highest BCUT2D eigenvalue weighted by atomic mass is 35.5. The van der Waals surface area contributed by atoms with Crippen LogP contribution in [0.25, 0.3) is 0 Å². The molecule has 0 heterocycles. The van der Waals surface area contributed by atoms with Crippen LogP contribution in [0.1, 0.15) is 20.3 Å². The predicted octanol–water partition coefficient (Wildman–Crippen LogP) is 1.69. The summed E-state index contributed by atoms with van der Waals surface area (Å²) in [6, 6.07) is 0. The summed E-state index contributed by atoms with van der Waals surface area (Å²) < 4.78 is -0.937. The summed E-state index contributed by atoms with van der Waals surface area (Å²) in [5.74, 6) is -0.398. The summed E-state index contributed by atoms with van der Waals surface area (Å²) in [7, 11) is 0. The van der Waals surface area contributed by atoms with Gasteiger partial charge in [0.2, 0.25) is 5.91 Å². The Morgan fingerprint density at radius 2 is 2.09 bits per heavy atom. The van der Waals surface area contributed by atoms with Crippen molar-refractivity contribution >= 4 is 29.1 Å². The molecule has 1 aliphatic carbocycles. The van der Waals surface area contributed by atoms with E-state index >= 15 is 0 Å². The molecule has 0 bridgehead atoms. The minimum Gasteiger partial charge on any atom is -0.369 e. The Bertz CT molecular complexity index is 205. The van der Waals surface area contributed by atoms with E-state index in [1.54, 1.807) is 6.92 Å². The summed E-state index contributed by atoms with van der Waals surface area (Å²) in [5, 5.41) is 0. The van der Waals surface area contributed by atoms with Crippen molar-refractivity contribution in [1.29, 1.82) is 0 Å². The zero-order valence-electron chi connectivity index (χ0n) is 6.53. The number of hydrogen-bond donors (Lipinski definition) is 1. The molecule has 2 N–H and O–H groups in total. The largest absolute Gasteiger partial charge is 0.369 e. The Hall–Kier alpha value is 0.0500. The number of primary amides is 1. The monoisotopic (exact) mass is 195 g/mol. The first-order valence-corrected chi connectivity index (χ1v) is 4.32. The zero-order valence-corrected chi connectivity index (χ0v) is 8.04. The lowest BCUT2D eigenvalue weighted by Gasteiger charge is -2.04. The van der Waals surface area contributed by atoms with Crippen LogP contribution in [0, 0.1) is 11.3 Å². The van der Waals surface area contributed by atoms with Crippen molar-refractivity contribution in [2.75, 3.05) is 0 Å². The van der Waals surface area contributed by atoms with Crippen molar-refractivity contribution in [2.24, 2.45) is 17.1 Å². The average molecular weight is 196 g/mol. The fourth-order valence-corrected chi connectivity index (χ4v) is 2.70. The van der Waals surface area contributed by atoms with E-state index in [4.69, 9.17) is 28.9 Å². The number of nitrogens with two attached hydrogens (primary N) is 1. The third kappa shape index (κ3) is 0.890. The summed E-state index contributed by atoms with van der Waals surface area (Å²) in [6.07, 6.45) is 0.784. The van der Waals surface area contributed by atoms with Crippen LogP contribution in [-0.4, -0.2) is 10.2 Å². The molecule has 11 heavy (non-hydrogen) atoms. The Morgan fingerprint density at radius 1 is 1.64 bits per heavy atom. The molecule has 1 aliphatic rings. The van der Waals surface area contributed by atoms with E-state index in [-0.39, 0.29) is 5.92 Å². The molecule has 0 saturated heterocycles. The zero-order chi connectivity index (χ0) is 8.86. The van der Waals surface area contributed by atoms with E-state index in [0.29, 0.717) is 0 Å². The molecule has 0 aromatic carbocycles. The number of hydrogen-bond acceptors (Lipinski definition) is 1. The molecule has 2 nitrogen and oxygen atoms in total. The van der Waals surface area contributed by atoms with Crippen LogP contribution in [0.2, 0.25) is 0 Å². The minimum atomic E-state index is -0.937. The van der Waals surface area contributed by atoms with Crippen LogP contribution >= 0.6 is 23.2 Å². The molecular weight excluding hydrogens is 185 g/mol. The molecule has 2 atom stereocenters. The molecule has 1 fully saturated rings. The van der Waals surface area contributed by atoms with E-state index < -0.39 is 15.7 Å². The highest BCUT2D eigenvalue weighted by molar-refractivity contribution is 6.53. The fourth-order valence-electron chi connectivity index (χ4n) is 1.62.